The molecule has 6 N–H and O–H groups in total. The zero-order valence-electron chi connectivity index (χ0n) is 10.3. The van der Waals surface area contributed by atoms with Gasteiger partial charge in [-0.25, -0.2) is 9.59 Å². The first-order chi connectivity index (χ1) is 9.41. The van der Waals surface area contributed by atoms with Crippen molar-refractivity contribution >= 4 is 23.3 Å². The van der Waals surface area contributed by atoms with Crippen molar-refractivity contribution in [1.29, 1.82) is 0 Å². The van der Waals surface area contributed by atoms with Crippen LogP contribution in [0.15, 0.2) is 36.4 Å². The fraction of sp³-hybridized carbons (Fsp3) is 0. The third-order valence-corrected chi connectivity index (χ3v) is 2.91. The van der Waals surface area contributed by atoms with E-state index in [9.17, 15) is 9.59 Å². The number of carboxylic acids is 2. The average Bonchev–Trinajstić information content (AvgIpc) is 2.38. The maximum Gasteiger partial charge on any atom is 0.339 e. The lowest BCUT2D eigenvalue weighted by molar-refractivity contribution is 0.0687. The lowest BCUT2D eigenvalue weighted by atomic mass is 9.97. The van der Waals surface area contributed by atoms with E-state index in [-0.39, 0.29) is 22.5 Å². The first kappa shape index (κ1) is 13.4. The van der Waals surface area contributed by atoms with Crippen molar-refractivity contribution in [3.8, 4) is 11.1 Å². The van der Waals surface area contributed by atoms with Crippen molar-refractivity contribution in [3.05, 3.63) is 47.5 Å². The second kappa shape index (κ2) is 4.93. The molecule has 0 aliphatic rings. The Labute approximate surface area is 114 Å². The van der Waals surface area contributed by atoms with Crippen molar-refractivity contribution in [2.75, 3.05) is 11.5 Å². The molecule has 0 fully saturated rings. The molecule has 2 aromatic rings. The van der Waals surface area contributed by atoms with E-state index in [1.165, 1.54) is 18.2 Å². The van der Waals surface area contributed by atoms with Crippen molar-refractivity contribution in [3.63, 3.8) is 0 Å². The molecule has 0 atom stereocenters. The Morgan fingerprint density at radius 2 is 1.65 bits per heavy atom. The Bertz CT molecular complexity index is 710. The summed E-state index contributed by atoms with van der Waals surface area (Å²) in [5, 5.41) is 18.1. The van der Waals surface area contributed by atoms with Crippen LogP contribution in [-0.4, -0.2) is 22.2 Å². The van der Waals surface area contributed by atoms with Gasteiger partial charge in [0.25, 0.3) is 0 Å². The second-order valence-corrected chi connectivity index (χ2v) is 4.18. The van der Waals surface area contributed by atoms with E-state index in [0.717, 1.165) is 0 Å². The molecular formula is C14H12N2O4. The first-order valence-corrected chi connectivity index (χ1v) is 5.66. The highest BCUT2D eigenvalue weighted by molar-refractivity contribution is 6.03. The molecule has 2 aromatic carbocycles. The van der Waals surface area contributed by atoms with Gasteiger partial charge < -0.3 is 21.7 Å². The second-order valence-electron chi connectivity index (χ2n) is 4.18. The molecule has 6 heteroatoms. The molecule has 0 bridgehead atoms. The summed E-state index contributed by atoms with van der Waals surface area (Å²) in [5.41, 5.74) is 12.4. The van der Waals surface area contributed by atoms with Gasteiger partial charge in [0.15, 0.2) is 0 Å². The van der Waals surface area contributed by atoms with Crippen LogP contribution in [0.5, 0.6) is 0 Å². The molecule has 102 valence electrons. The van der Waals surface area contributed by atoms with E-state index < -0.39 is 11.9 Å². The van der Waals surface area contributed by atoms with Crippen LogP contribution in [0.4, 0.5) is 11.4 Å². The predicted molar refractivity (Wildman–Crippen MR) is 74.6 cm³/mol. The summed E-state index contributed by atoms with van der Waals surface area (Å²) in [5.74, 6) is -2.30. The van der Waals surface area contributed by atoms with E-state index in [4.69, 9.17) is 21.7 Å². The highest BCUT2D eigenvalue weighted by Gasteiger charge is 2.17. The molecule has 0 saturated carbocycles. The number of hydrogen-bond acceptors (Lipinski definition) is 4. The summed E-state index contributed by atoms with van der Waals surface area (Å²) >= 11 is 0. The molecular weight excluding hydrogens is 260 g/mol. The van der Waals surface area contributed by atoms with Crippen LogP contribution in [0.2, 0.25) is 0 Å². The van der Waals surface area contributed by atoms with Crippen molar-refractivity contribution in [2.24, 2.45) is 0 Å². The van der Waals surface area contributed by atoms with Crippen molar-refractivity contribution < 1.29 is 19.8 Å². The van der Waals surface area contributed by atoms with Crippen LogP contribution in [0.1, 0.15) is 20.7 Å². The van der Waals surface area contributed by atoms with E-state index in [1.807, 2.05) is 0 Å². The smallest absolute Gasteiger partial charge is 0.339 e. The molecule has 0 unspecified atom stereocenters. The predicted octanol–water partition coefficient (Wildman–Crippen LogP) is 1.91. The van der Waals surface area contributed by atoms with Gasteiger partial charge in [0.2, 0.25) is 0 Å². The highest BCUT2D eigenvalue weighted by atomic mass is 16.4. The van der Waals surface area contributed by atoms with Gasteiger partial charge in [-0.05, 0) is 23.8 Å². The molecule has 0 saturated heterocycles. The molecule has 0 aromatic heterocycles. The number of carboxylic acid groups (broad SMARTS) is 2. The van der Waals surface area contributed by atoms with Gasteiger partial charge in [0.05, 0.1) is 11.3 Å². The Morgan fingerprint density at radius 3 is 2.25 bits per heavy atom. The minimum Gasteiger partial charge on any atom is -0.478 e. The van der Waals surface area contributed by atoms with Gasteiger partial charge in [0.1, 0.15) is 5.56 Å². The summed E-state index contributed by atoms with van der Waals surface area (Å²) < 4.78 is 0. The normalized spacial score (nSPS) is 10.2. The molecule has 0 radical (unpaired) electrons. The largest absolute Gasteiger partial charge is 0.478 e. The van der Waals surface area contributed by atoms with E-state index >= 15 is 0 Å². The van der Waals surface area contributed by atoms with Crippen LogP contribution in [0, 0.1) is 0 Å². The topological polar surface area (TPSA) is 127 Å². The van der Waals surface area contributed by atoms with Gasteiger partial charge >= 0.3 is 11.9 Å². The number of anilines is 2. The number of carbonyl (C=O) groups is 2. The van der Waals surface area contributed by atoms with Gasteiger partial charge in [-0.1, -0.05) is 18.2 Å². The number of nitrogen functional groups attached to an aromatic ring is 2. The fourth-order valence-corrected chi connectivity index (χ4v) is 1.95. The third-order valence-electron chi connectivity index (χ3n) is 2.91. The summed E-state index contributed by atoms with van der Waals surface area (Å²) in [4.78, 5) is 22.1. The SMILES string of the molecule is Nc1ccc(-c2cccc(C(=O)O)c2)c(N)c1C(=O)O. The standard InChI is InChI=1S/C14H12N2O4/c15-10-5-4-9(12(16)11(10)14(19)20)7-2-1-3-8(6-7)13(17)18/h1-6H,15-16H2,(H,17,18)(H,19,20). The number of nitrogens with two attached hydrogens (primary N) is 2. The van der Waals surface area contributed by atoms with Gasteiger partial charge in [-0.15, -0.1) is 0 Å². The summed E-state index contributed by atoms with van der Waals surface area (Å²) in [6.45, 7) is 0. The zero-order valence-corrected chi connectivity index (χ0v) is 10.3. The van der Waals surface area contributed by atoms with Crippen LogP contribution in [0.3, 0.4) is 0 Å². The van der Waals surface area contributed by atoms with E-state index in [1.54, 1.807) is 18.2 Å². The van der Waals surface area contributed by atoms with Crippen molar-refractivity contribution in [1.82, 2.24) is 0 Å². The molecule has 0 aliphatic heterocycles. The monoisotopic (exact) mass is 272 g/mol. The lowest BCUT2D eigenvalue weighted by Gasteiger charge is -2.11. The van der Waals surface area contributed by atoms with E-state index in [0.29, 0.717) is 11.1 Å². The first-order valence-electron chi connectivity index (χ1n) is 5.66. The Morgan fingerprint density at radius 1 is 0.950 bits per heavy atom. The molecule has 0 heterocycles. The van der Waals surface area contributed by atoms with Crippen molar-refractivity contribution in [2.45, 2.75) is 0 Å². The molecule has 0 amide bonds. The minimum absolute atomic E-state index is 0.0139. The third kappa shape index (κ3) is 2.26. The maximum atomic E-state index is 11.1. The maximum absolute atomic E-state index is 11.1. The molecule has 2 rings (SSSR count). The van der Waals surface area contributed by atoms with Gasteiger partial charge in [0, 0.05) is 11.3 Å². The molecule has 0 aliphatic carbocycles. The number of aromatic carboxylic acids is 2. The highest BCUT2D eigenvalue weighted by Crippen LogP contribution is 2.32. The number of benzene rings is 2. The van der Waals surface area contributed by atoms with Crippen LogP contribution in [0.25, 0.3) is 11.1 Å². The number of rotatable bonds is 3. The Hall–Kier alpha value is -3.02. The molecule has 0 spiro atoms. The zero-order chi connectivity index (χ0) is 14.9. The van der Waals surface area contributed by atoms with Gasteiger partial charge in [-0.2, -0.15) is 0 Å². The minimum atomic E-state index is -1.23. The van der Waals surface area contributed by atoms with Crippen LogP contribution in [-0.2, 0) is 0 Å². The summed E-state index contributed by atoms with van der Waals surface area (Å²) in [6, 6.07) is 9.09. The number of hydrogen-bond donors (Lipinski definition) is 4. The van der Waals surface area contributed by atoms with Crippen LogP contribution < -0.4 is 11.5 Å². The quantitative estimate of drug-likeness (QED) is 0.632. The fourth-order valence-electron chi connectivity index (χ4n) is 1.95. The van der Waals surface area contributed by atoms with Gasteiger partial charge in [-0.3, -0.25) is 0 Å². The van der Waals surface area contributed by atoms with Crippen LogP contribution >= 0.6 is 0 Å². The summed E-state index contributed by atoms with van der Waals surface area (Å²) in [6.07, 6.45) is 0. The molecule has 20 heavy (non-hydrogen) atoms. The lowest BCUT2D eigenvalue weighted by Crippen LogP contribution is -2.08. The van der Waals surface area contributed by atoms with E-state index in [2.05, 4.69) is 0 Å². The Kier molecular flexibility index (Phi) is 3.30. The Balaban J connectivity index is 2.65. The summed E-state index contributed by atoms with van der Waals surface area (Å²) in [7, 11) is 0. The average molecular weight is 272 g/mol. The molecule has 6 nitrogen and oxygen atoms in total.